The molecule has 0 amide bonds. The summed E-state index contributed by atoms with van der Waals surface area (Å²) >= 11 is 1.51. The largest absolute Gasteiger partial charge is 0.478 e. The zero-order valence-corrected chi connectivity index (χ0v) is 13.7. The van der Waals surface area contributed by atoms with Gasteiger partial charge in [0, 0.05) is 34.3 Å². The SMILES string of the molecule is Cc1sc2nc(-c3ccc([N+](=O)[O-])cc3)c(/C=C/C(=O)O)n2c1C. The van der Waals surface area contributed by atoms with Gasteiger partial charge in [-0.05, 0) is 32.1 Å². The Hall–Kier alpha value is -3.00. The number of thiazole rings is 1. The molecule has 0 unspecified atom stereocenters. The van der Waals surface area contributed by atoms with Crippen LogP contribution in [0, 0.1) is 24.0 Å². The van der Waals surface area contributed by atoms with E-state index in [4.69, 9.17) is 5.11 Å². The fraction of sp³-hybridized carbons (Fsp3) is 0.125. The van der Waals surface area contributed by atoms with Gasteiger partial charge in [0.15, 0.2) is 4.96 Å². The van der Waals surface area contributed by atoms with E-state index in [-0.39, 0.29) is 5.69 Å². The molecule has 24 heavy (non-hydrogen) atoms. The molecule has 0 aliphatic rings. The molecule has 0 aliphatic carbocycles. The molecule has 3 rings (SSSR count). The Morgan fingerprint density at radius 1 is 1.33 bits per heavy atom. The molecule has 0 bridgehead atoms. The van der Waals surface area contributed by atoms with Gasteiger partial charge < -0.3 is 5.11 Å². The van der Waals surface area contributed by atoms with E-state index in [0.29, 0.717) is 17.0 Å². The lowest BCUT2D eigenvalue weighted by atomic mass is 10.1. The smallest absolute Gasteiger partial charge is 0.328 e. The average molecular weight is 343 g/mol. The number of hydrogen-bond acceptors (Lipinski definition) is 5. The average Bonchev–Trinajstić information content (AvgIpc) is 3.02. The van der Waals surface area contributed by atoms with Crippen LogP contribution in [0.15, 0.2) is 30.3 Å². The maximum atomic E-state index is 10.9. The quantitative estimate of drug-likeness (QED) is 0.442. The predicted octanol–water partition coefficient (Wildman–Crippen LogP) is 3.69. The minimum absolute atomic E-state index is 0.00516. The Morgan fingerprint density at radius 3 is 2.58 bits per heavy atom. The molecule has 0 spiro atoms. The number of hydrogen-bond donors (Lipinski definition) is 1. The first-order valence-electron chi connectivity index (χ1n) is 7.02. The summed E-state index contributed by atoms with van der Waals surface area (Å²) in [5.74, 6) is -1.05. The lowest BCUT2D eigenvalue weighted by Gasteiger charge is -2.02. The Kier molecular flexibility index (Phi) is 3.90. The normalized spacial score (nSPS) is 11.4. The summed E-state index contributed by atoms with van der Waals surface area (Å²) in [6, 6.07) is 6.05. The third kappa shape index (κ3) is 2.67. The Balaban J connectivity index is 2.21. The van der Waals surface area contributed by atoms with Crippen LogP contribution in [0.25, 0.3) is 22.3 Å². The molecule has 1 aromatic carbocycles. The summed E-state index contributed by atoms with van der Waals surface area (Å²) in [5.41, 5.74) is 2.91. The van der Waals surface area contributed by atoms with Crippen LogP contribution in [0.1, 0.15) is 16.3 Å². The van der Waals surface area contributed by atoms with Crippen molar-refractivity contribution >= 4 is 34.0 Å². The van der Waals surface area contributed by atoms with E-state index in [1.54, 1.807) is 12.1 Å². The number of nitro benzene ring substituents is 1. The third-order valence-corrected chi connectivity index (χ3v) is 4.76. The van der Waals surface area contributed by atoms with Gasteiger partial charge in [-0.1, -0.05) is 0 Å². The highest BCUT2D eigenvalue weighted by Gasteiger charge is 2.17. The standard InChI is InChI=1S/C16H13N3O4S/c1-9-10(2)24-16-17-15(13(18(9)16)7-8-14(20)21)11-3-5-12(6-4-11)19(22)23/h3-8H,1-2H3,(H,20,21)/b8-7+. The first-order chi connectivity index (χ1) is 11.4. The van der Waals surface area contributed by atoms with Crippen LogP contribution in [0.3, 0.4) is 0 Å². The van der Waals surface area contributed by atoms with Gasteiger partial charge >= 0.3 is 5.97 Å². The number of benzene rings is 1. The summed E-state index contributed by atoms with van der Waals surface area (Å²) < 4.78 is 1.90. The molecule has 0 saturated heterocycles. The zero-order chi connectivity index (χ0) is 17.4. The van der Waals surface area contributed by atoms with Crippen LogP contribution < -0.4 is 0 Å². The number of non-ortho nitro benzene ring substituents is 1. The van der Waals surface area contributed by atoms with Gasteiger partial charge in [0.1, 0.15) is 0 Å². The molecule has 0 saturated carbocycles. The van der Waals surface area contributed by atoms with Crippen molar-refractivity contribution in [3.63, 3.8) is 0 Å². The van der Waals surface area contributed by atoms with Crippen LogP contribution in [0.4, 0.5) is 5.69 Å². The molecule has 0 atom stereocenters. The van der Waals surface area contributed by atoms with Crippen molar-refractivity contribution in [2.24, 2.45) is 0 Å². The molecule has 3 aromatic rings. The number of carboxylic acid groups (broad SMARTS) is 1. The Labute approximate surface area is 140 Å². The fourth-order valence-electron chi connectivity index (χ4n) is 2.43. The zero-order valence-electron chi connectivity index (χ0n) is 12.9. The van der Waals surface area contributed by atoms with Crippen molar-refractivity contribution in [3.05, 3.63) is 56.7 Å². The molecular formula is C16H13N3O4S. The minimum atomic E-state index is -1.05. The first-order valence-corrected chi connectivity index (χ1v) is 7.84. The summed E-state index contributed by atoms with van der Waals surface area (Å²) in [6.07, 6.45) is 2.56. The van der Waals surface area contributed by atoms with Gasteiger partial charge in [0.05, 0.1) is 16.3 Å². The highest BCUT2D eigenvalue weighted by molar-refractivity contribution is 7.17. The summed E-state index contributed by atoms with van der Waals surface area (Å²) in [5, 5.41) is 19.7. The van der Waals surface area contributed by atoms with E-state index >= 15 is 0 Å². The number of aromatic nitrogens is 2. The second-order valence-corrected chi connectivity index (χ2v) is 6.36. The lowest BCUT2D eigenvalue weighted by Crippen LogP contribution is -1.93. The van der Waals surface area contributed by atoms with Crippen molar-refractivity contribution in [2.45, 2.75) is 13.8 Å². The van der Waals surface area contributed by atoms with Crippen LogP contribution >= 0.6 is 11.3 Å². The number of nitro groups is 1. The Bertz CT molecular complexity index is 983. The van der Waals surface area contributed by atoms with Gasteiger partial charge in [-0.25, -0.2) is 9.78 Å². The van der Waals surface area contributed by atoms with Crippen molar-refractivity contribution < 1.29 is 14.8 Å². The molecule has 122 valence electrons. The molecule has 2 aromatic heterocycles. The van der Waals surface area contributed by atoms with Crippen LogP contribution in [0.5, 0.6) is 0 Å². The molecule has 2 heterocycles. The summed E-state index contributed by atoms with van der Waals surface area (Å²) in [6.45, 7) is 3.92. The fourth-order valence-corrected chi connectivity index (χ4v) is 3.41. The first kappa shape index (κ1) is 15.9. The summed E-state index contributed by atoms with van der Waals surface area (Å²) in [4.78, 5) is 27.7. The van der Waals surface area contributed by atoms with E-state index in [2.05, 4.69) is 4.98 Å². The third-order valence-electron chi connectivity index (χ3n) is 3.71. The number of carboxylic acids is 1. The van der Waals surface area contributed by atoms with E-state index < -0.39 is 10.9 Å². The van der Waals surface area contributed by atoms with Gasteiger partial charge in [-0.3, -0.25) is 14.5 Å². The highest BCUT2D eigenvalue weighted by atomic mass is 32.1. The van der Waals surface area contributed by atoms with Crippen molar-refractivity contribution in [1.82, 2.24) is 9.38 Å². The number of aliphatic carboxylic acids is 1. The van der Waals surface area contributed by atoms with E-state index in [1.165, 1.54) is 29.5 Å². The van der Waals surface area contributed by atoms with Crippen LogP contribution in [-0.2, 0) is 4.79 Å². The molecule has 0 radical (unpaired) electrons. The topological polar surface area (TPSA) is 97.7 Å². The van der Waals surface area contributed by atoms with Gasteiger partial charge in [-0.2, -0.15) is 0 Å². The van der Waals surface area contributed by atoms with E-state index in [0.717, 1.165) is 21.6 Å². The number of fused-ring (bicyclic) bond motifs is 1. The molecule has 8 heteroatoms. The summed E-state index contributed by atoms with van der Waals surface area (Å²) in [7, 11) is 0. The molecule has 0 fully saturated rings. The van der Waals surface area contributed by atoms with E-state index in [9.17, 15) is 14.9 Å². The lowest BCUT2D eigenvalue weighted by molar-refractivity contribution is -0.384. The maximum Gasteiger partial charge on any atom is 0.328 e. The van der Waals surface area contributed by atoms with E-state index in [1.807, 2.05) is 18.2 Å². The van der Waals surface area contributed by atoms with Crippen LogP contribution in [0.2, 0.25) is 0 Å². The minimum Gasteiger partial charge on any atom is -0.478 e. The second kappa shape index (κ2) is 5.89. The number of imidazole rings is 1. The van der Waals surface area contributed by atoms with Crippen LogP contribution in [-0.4, -0.2) is 25.4 Å². The second-order valence-electron chi connectivity index (χ2n) is 5.18. The highest BCUT2D eigenvalue weighted by Crippen LogP contribution is 2.32. The van der Waals surface area contributed by atoms with Gasteiger partial charge in [0.2, 0.25) is 0 Å². The number of nitrogens with zero attached hydrogens (tertiary/aromatic N) is 3. The Morgan fingerprint density at radius 2 is 2.00 bits per heavy atom. The maximum absolute atomic E-state index is 10.9. The van der Waals surface area contributed by atoms with Crippen molar-refractivity contribution in [1.29, 1.82) is 0 Å². The molecule has 0 aliphatic heterocycles. The van der Waals surface area contributed by atoms with Crippen molar-refractivity contribution in [2.75, 3.05) is 0 Å². The predicted molar refractivity (Wildman–Crippen MR) is 91.3 cm³/mol. The molecular weight excluding hydrogens is 330 g/mol. The monoisotopic (exact) mass is 343 g/mol. The van der Waals surface area contributed by atoms with Gasteiger partial charge in [0.25, 0.3) is 5.69 Å². The number of aryl methyl sites for hydroxylation is 2. The molecule has 7 nitrogen and oxygen atoms in total. The van der Waals surface area contributed by atoms with Gasteiger partial charge in [-0.15, -0.1) is 11.3 Å². The number of carbonyl (C=O) groups is 1. The number of rotatable bonds is 4. The van der Waals surface area contributed by atoms with Crippen molar-refractivity contribution in [3.8, 4) is 11.3 Å². The molecule has 1 N–H and O–H groups in total.